The Morgan fingerprint density at radius 2 is 2.00 bits per heavy atom. The molecule has 0 bridgehead atoms. The van der Waals surface area contributed by atoms with Crippen molar-refractivity contribution in [2.24, 2.45) is 0 Å². The molecule has 0 fully saturated rings. The van der Waals surface area contributed by atoms with Gasteiger partial charge in [0.2, 0.25) is 0 Å². The molecule has 0 unspecified atom stereocenters. The van der Waals surface area contributed by atoms with Crippen LogP contribution in [0.4, 0.5) is 17.1 Å². The fraction of sp³-hybridized carbons (Fsp3) is 0.0556. The minimum absolute atomic E-state index is 0.125. The zero-order valence-corrected chi connectivity index (χ0v) is 13.0. The third-order valence-corrected chi connectivity index (χ3v) is 3.59. The molecule has 1 heterocycles. The molecule has 0 aliphatic heterocycles. The third kappa shape index (κ3) is 3.25. The molecule has 0 spiro atoms. The van der Waals surface area contributed by atoms with Gasteiger partial charge in [-0.15, -0.1) is 0 Å². The minimum Gasteiger partial charge on any atom is -0.356 e. The van der Waals surface area contributed by atoms with E-state index in [1.807, 2.05) is 24.3 Å². The first-order valence-corrected chi connectivity index (χ1v) is 7.31. The molecule has 118 valence electrons. The van der Waals surface area contributed by atoms with Crippen LogP contribution in [-0.2, 0) is 0 Å². The van der Waals surface area contributed by atoms with Crippen LogP contribution in [0.1, 0.15) is 15.9 Å². The van der Waals surface area contributed by atoms with Crippen LogP contribution < -0.4 is 10.2 Å². The maximum absolute atomic E-state index is 12.6. The SMILES string of the molecule is CN(C(=O)c1cccc(Nc2ccc(C#N)cc2)c1)c1cn[nH]c1. The van der Waals surface area contributed by atoms with Crippen LogP contribution in [0.25, 0.3) is 0 Å². The van der Waals surface area contributed by atoms with E-state index in [2.05, 4.69) is 21.6 Å². The van der Waals surface area contributed by atoms with E-state index in [0.29, 0.717) is 16.8 Å². The van der Waals surface area contributed by atoms with Gasteiger partial charge in [-0.2, -0.15) is 10.4 Å². The number of hydrogen-bond acceptors (Lipinski definition) is 4. The summed E-state index contributed by atoms with van der Waals surface area (Å²) in [5.74, 6) is -0.125. The number of carbonyl (C=O) groups is 1. The number of carbonyl (C=O) groups excluding carboxylic acids is 1. The summed E-state index contributed by atoms with van der Waals surface area (Å²) in [6, 6.07) is 16.5. The van der Waals surface area contributed by atoms with Gasteiger partial charge >= 0.3 is 0 Å². The quantitative estimate of drug-likeness (QED) is 0.773. The van der Waals surface area contributed by atoms with Crippen molar-refractivity contribution < 1.29 is 4.79 Å². The number of benzene rings is 2. The summed E-state index contributed by atoms with van der Waals surface area (Å²) in [5.41, 5.74) is 3.52. The molecule has 24 heavy (non-hydrogen) atoms. The molecular formula is C18H15N5O. The van der Waals surface area contributed by atoms with Gasteiger partial charge in [-0.3, -0.25) is 9.89 Å². The average molecular weight is 317 g/mol. The summed E-state index contributed by atoms with van der Waals surface area (Å²) in [7, 11) is 1.70. The summed E-state index contributed by atoms with van der Waals surface area (Å²) in [4.78, 5) is 14.1. The fourth-order valence-electron chi connectivity index (χ4n) is 2.26. The van der Waals surface area contributed by atoms with E-state index in [4.69, 9.17) is 5.26 Å². The van der Waals surface area contributed by atoms with Gasteiger partial charge in [0.25, 0.3) is 5.91 Å². The summed E-state index contributed by atoms with van der Waals surface area (Å²) in [6.07, 6.45) is 3.26. The topological polar surface area (TPSA) is 84.8 Å². The van der Waals surface area contributed by atoms with Gasteiger partial charge in [-0.1, -0.05) is 6.07 Å². The normalized spacial score (nSPS) is 10.0. The van der Waals surface area contributed by atoms with Crippen LogP contribution in [0.5, 0.6) is 0 Å². The minimum atomic E-state index is -0.125. The number of nitriles is 1. The van der Waals surface area contributed by atoms with Gasteiger partial charge < -0.3 is 10.2 Å². The smallest absolute Gasteiger partial charge is 0.258 e. The number of aromatic amines is 1. The number of nitrogens with zero attached hydrogens (tertiary/aromatic N) is 3. The number of rotatable bonds is 4. The molecule has 3 rings (SSSR count). The van der Waals surface area contributed by atoms with E-state index in [1.54, 1.807) is 43.7 Å². The first-order chi connectivity index (χ1) is 11.7. The second kappa shape index (κ2) is 6.67. The van der Waals surface area contributed by atoms with Gasteiger partial charge in [0.1, 0.15) is 0 Å². The molecule has 0 atom stereocenters. The highest BCUT2D eigenvalue weighted by Gasteiger charge is 2.14. The van der Waals surface area contributed by atoms with E-state index in [9.17, 15) is 4.79 Å². The van der Waals surface area contributed by atoms with E-state index >= 15 is 0 Å². The molecule has 0 saturated heterocycles. The van der Waals surface area contributed by atoms with Crippen molar-refractivity contribution in [3.63, 3.8) is 0 Å². The lowest BCUT2D eigenvalue weighted by molar-refractivity contribution is 0.0993. The van der Waals surface area contributed by atoms with Crippen LogP contribution in [0.3, 0.4) is 0 Å². The Labute approximate surface area is 139 Å². The lowest BCUT2D eigenvalue weighted by Gasteiger charge is -2.15. The highest BCUT2D eigenvalue weighted by atomic mass is 16.2. The fourth-order valence-corrected chi connectivity index (χ4v) is 2.26. The molecule has 1 amide bonds. The van der Waals surface area contributed by atoms with Gasteiger partial charge in [-0.05, 0) is 42.5 Å². The molecule has 1 aromatic heterocycles. The molecule has 0 aliphatic rings. The lowest BCUT2D eigenvalue weighted by Crippen LogP contribution is -2.25. The second-order valence-electron chi connectivity index (χ2n) is 5.22. The monoisotopic (exact) mass is 317 g/mol. The Bertz CT molecular complexity index is 879. The molecule has 2 aromatic carbocycles. The van der Waals surface area contributed by atoms with E-state index < -0.39 is 0 Å². The zero-order chi connectivity index (χ0) is 16.9. The Morgan fingerprint density at radius 1 is 1.21 bits per heavy atom. The van der Waals surface area contributed by atoms with Crippen LogP contribution >= 0.6 is 0 Å². The molecule has 2 N–H and O–H groups in total. The molecule has 0 saturated carbocycles. The standard InChI is InChI=1S/C18H15N5O/c1-23(17-11-20-21-12-17)18(24)14-3-2-4-16(9-14)22-15-7-5-13(10-19)6-8-15/h2-9,11-12,22H,1H3,(H,20,21). The van der Waals surface area contributed by atoms with Crippen LogP contribution in [-0.4, -0.2) is 23.2 Å². The highest BCUT2D eigenvalue weighted by molar-refractivity contribution is 6.06. The number of hydrogen-bond donors (Lipinski definition) is 2. The molecular weight excluding hydrogens is 302 g/mol. The molecule has 3 aromatic rings. The molecule has 6 nitrogen and oxygen atoms in total. The van der Waals surface area contributed by atoms with Gasteiger partial charge in [0.05, 0.1) is 23.5 Å². The maximum atomic E-state index is 12.6. The molecule has 6 heteroatoms. The van der Waals surface area contributed by atoms with Crippen molar-refractivity contribution >= 4 is 23.0 Å². The largest absolute Gasteiger partial charge is 0.356 e. The summed E-state index contributed by atoms with van der Waals surface area (Å²) in [6.45, 7) is 0. The average Bonchev–Trinajstić information content (AvgIpc) is 3.16. The van der Waals surface area contributed by atoms with Crippen molar-refractivity contribution in [3.8, 4) is 6.07 Å². The van der Waals surface area contributed by atoms with Crippen LogP contribution in [0.15, 0.2) is 60.9 Å². The first-order valence-electron chi connectivity index (χ1n) is 7.31. The van der Waals surface area contributed by atoms with Crippen LogP contribution in [0.2, 0.25) is 0 Å². The summed E-state index contributed by atoms with van der Waals surface area (Å²) in [5, 5.41) is 18.6. The first kappa shape index (κ1) is 15.3. The number of aromatic nitrogens is 2. The molecule has 0 radical (unpaired) electrons. The predicted octanol–water partition coefficient (Wildman–Crippen LogP) is 3.30. The third-order valence-electron chi connectivity index (χ3n) is 3.59. The van der Waals surface area contributed by atoms with E-state index in [1.165, 1.54) is 4.90 Å². The second-order valence-corrected chi connectivity index (χ2v) is 5.22. The van der Waals surface area contributed by atoms with Crippen molar-refractivity contribution in [2.45, 2.75) is 0 Å². The lowest BCUT2D eigenvalue weighted by atomic mass is 10.1. The zero-order valence-electron chi connectivity index (χ0n) is 13.0. The van der Waals surface area contributed by atoms with Crippen molar-refractivity contribution in [2.75, 3.05) is 17.3 Å². The Balaban J connectivity index is 1.78. The predicted molar refractivity (Wildman–Crippen MR) is 92.2 cm³/mol. The molecule has 0 aliphatic carbocycles. The van der Waals surface area contributed by atoms with E-state index in [-0.39, 0.29) is 5.91 Å². The van der Waals surface area contributed by atoms with Gasteiger partial charge in [-0.25, -0.2) is 0 Å². The maximum Gasteiger partial charge on any atom is 0.258 e. The number of nitrogens with one attached hydrogen (secondary N) is 2. The van der Waals surface area contributed by atoms with Crippen molar-refractivity contribution in [1.29, 1.82) is 5.26 Å². The highest BCUT2D eigenvalue weighted by Crippen LogP contribution is 2.20. The van der Waals surface area contributed by atoms with Crippen molar-refractivity contribution in [1.82, 2.24) is 10.2 Å². The number of anilines is 3. The Kier molecular flexibility index (Phi) is 4.25. The summed E-state index contributed by atoms with van der Waals surface area (Å²) >= 11 is 0. The number of amides is 1. The van der Waals surface area contributed by atoms with E-state index in [0.717, 1.165) is 11.4 Å². The number of H-pyrrole nitrogens is 1. The van der Waals surface area contributed by atoms with Gasteiger partial charge in [0, 0.05) is 30.2 Å². The Hall–Kier alpha value is -3.59. The van der Waals surface area contributed by atoms with Crippen molar-refractivity contribution in [3.05, 3.63) is 72.1 Å². The Morgan fingerprint density at radius 3 is 2.67 bits per heavy atom. The summed E-state index contributed by atoms with van der Waals surface area (Å²) < 4.78 is 0. The van der Waals surface area contributed by atoms with Crippen LogP contribution in [0, 0.1) is 11.3 Å². The van der Waals surface area contributed by atoms with Gasteiger partial charge in [0.15, 0.2) is 0 Å².